The molecule has 5 heteroatoms. The van der Waals surface area contributed by atoms with Crippen LogP contribution in [0.5, 0.6) is 11.5 Å². The number of anilines is 1. The Bertz CT molecular complexity index is 858. The predicted molar refractivity (Wildman–Crippen MR) is 113 cm³/mol. The van der Waals surface area contributed by atoms with E-state index in [1.165, 1.54) is 11.3 Å². The third kappa shape index (κ3) is 3.75. The van der Waals surface area contributed by atoms with Crippen LogP contribution in [0.1, 0.15) is 31.9 Å². The van der Waals surface area contributed by atoms with E-state index < -0.39 is 0 Å². The van der Waals surface area contributed by atoms with E-state index in [4.69, 9.17) is 15.2 Å². The van der Waals surface area contributed by atoms with Crippen molar-refractivity contribution in [2.45, 2.75) is 33.5 Å². The maximum Gasteiger partial charge on any atom is 0.258 e. The molecule has 1 saturated heterocycles. The molecule has 2 aromatic rings. The number of fused-ring (bicyclic) bond motifs is 1. The van der Waals surface area contributed by atoms with E-state index in [-0.39, 0.29) is 6.29 Å². The van der Waals surface area contributed by atoms with Gasteiger partial charge in [-0.2, -0.15) is 0 Å². The largest absolute Gasteiger partial charge is 0.449 e. The predicted octanol–water partition coefficient (Wildman–Crippen LogP) is 3.74. The molecular formula is C23H29N3O2. The van der Waals surface area contributed by atoms with Gasteiger partial charge in [-0.15, -0.1) is 0 Å². The summed E-state index contributed by atoms with van der Waals surface area (Å²) in [7, 11) is 0. The lowest BCUT2D eigenvalue weighted by atomic mass is 9.84. The van der Waals surface area contributed by atoms with Gasteiger partial charge in [0.05, 0.1) is 12.2 Å². The molecule has 1 fully saturated rings. The van der Waals surface area contributed by atoms with Crippen LogP contribution in [0.2, 0.25) is 0 Å². The molecule has 0 atom stereocenters. The van der Waals surface area contributed by atoms with E-state index in [9.17, 15) is 0 Å². The van der Waals surface area contributed by atoms with E-state index >= 15 is 0 Å². The Morgan fingerprint density at radius 2 is 1.86 bits per heavy atom. The second-order valence-corrected chi connectivity index (χ2v) is 8.34. The van der Waals surface area contributed by atoms with Gasteiger partial charge in [0.15, 0.2) is 11.5 Å². The van der Waals surface area contributed by atoms with Crippen molar-refractivity contribution in [1.82, 2.24) is 5.32 Å². The second-order valence-electron chi connectivity index (χ2n) is 8.34. The molecule has 3 N–H and O–H groups in total. The van der Waals surface area contributed by atoms with Gasteiger partial charge in [-0.3, -0.25) is 0 Å². The molecule has 148 valence electrons. The number of nitrogens with zero attached hydrogens (tertiary/aromatic N) is 1. The third-order valence-corrected chi connectivity index (χ3v) is 5.29. The average molecular weight is 380 g/mol. The van der Waals surface area contributed by atoms with Crippen LogP contribution in [0.3, 0.4) is 0 Å². The Hall–Kier alpha value is -2.82. The Labute approximate surface area is 167 Å². The fraction of sp³-hybridized carbons (Fsp3) is 0.391. The van der Waals surface area contributed by atoms with Crippen molar-refractivity contribution in [3.63, 3.8) is 0 Å². The van der Waals surface area contributed by atoms with Crippen LogP contribution < -0.4 is 25.4 Å². The maximum absolute atomic E-state index is 6.36. The van der Waals surface area contributed by atoms with Crippen molar-refractivity contribution < 1.29 is 9.47 Å². The highest BCUT2D eigenvalue weighted by molar-refractivity contribution is 5.69. The number of benzene rings is 2. The van der Waals surface area contributed by atoms with E-state index in [1.807, 2.05) is 30.5 Å². The Balaban J connectivity index is 1.38. The van der Waals surface area contributed by atoms with E-state index in [1.54, 1.807) is 0 Å². The summed E-state index contributed by atoms with van der Waals surface area (Å²) in [6.45, 7) is 9.51. The number of nitrogens with two attached hydrogens (primary N) is 1. The van der Waals surface area contributed by atoms with Gasteiger partial charge in [-0.1, -0.05) is 39.0 Å². The van der Waals surface area contributed by atoms with Gasteiger partial charge in [0.2, 0.25) is 0 Å². The average Bonchev–Trinajstić information content (AvgIpc) is 3.08. The molecule has 0 aromatic heterocycles. The monoisotopic (exact) mass is 379 g/mol. The summed E-state index contributed by atoms with van der Waals surface area (Å²) in [5.74, 6) is 1.56. The summed E-state index contributed by atoms with van der Waals surface area (Å²) in [5.41, 5.74) is 11.1. The molecule has 28 heavy (non-hydrogen) atoms. The Kier molecular flexibility index (Phi) is 4.84. The zero-order valence-corrected chi connectivity index (χ0v) is 16.9. The lowest BCUT2D eigenvalue weighted by molar-refractivity contribution is 0.0529. The number of hydrogen-bond donors (Lipinski definition) is 2. The van der Waals surface area contributed by atoms with Crippen molar-refractivity contribution in [2.24, 2.45) is 11.1 Å². The molecule has 0 saturated carbocycles. The lowest BCUT2D eigenvalue weighted by Gasteiger charge is -2.47. The molecule has 2 aliphatic heterocycles. The number of para-hydroxylation sites is 2. The summed E-state index contributed by atoms with van der Waals surface area (Å²) >= 11 is 0. The maximum atomic E-state index is 6.36. The van der Waals surface area contributed by atoms with Crippen LogP contribution in [0.25, 0.3) is 5.70 Å². The highest BCUT2D eigenvalue weighted by Crippen LogP contribution is 2.35. The summed E-state index contributed by atoms with van der Waals surface area (Å²) in [6.07, 6.45) is 2.44. The fourth-order valence-electron chi connectivity index (χ4n) is 3.90. The van der Waals surface area contributed by atoms with Crippen molar-refractivity contribution in [3.8, 4) is 11.5 Å². The first-order chi connectivity index (χ1) is 13.4. The number of rotatable bonds is 6. The summed E-state index contributed by atoms with van der Waals surface area (Å²) in [4.78, 5) is 2.42. The van der Waals surface area contributed by atoms with Gasteiger partial charge in [0, 0.05) is 30.5 Å². The molecule has 5 nitrogen and oxygen atoms in total. The van der Waals surface area contributed by atoms with Crippen LogP contribution in [0, 0.1) is 5.41 Å². The zero-order chi connectivity index (χ0) is 19.7. The lowest BCUT2D eigenvalue weighted by Crippen LogP contribution is -2.53. The van der Waals surface area contributed by atoms with E-state index in [0.29, 0.717) is 12.0 Å². The van der Waals surface area contributed by atoms with E-state index in [2.05, 4.69) is 49.2 Å². The molecule has 4 rings (SSSR count). The molecule has 2 aromatic carbocycles. The van der Waals surface area contributed by atoms with Crippen molar-refractivity contribution >= 4 is 11.4 Å². The highest BCUT2D eigenvalue weighted by atomic mass is 16.7. The van der Waals surface area contributed by atoms with Crippen LogP contribution in [0.15, 0.2) is 48.7 Å². The number of hydrogen-bond acceptors (Lipinski definition) is 5. The van der Waals surface area contributed by atoms with Gasteiger partial charge in [-0.25, -0.2) is 0 Å². The zero-order valence-electron chi connectivity index (χ0n) is 16.9. The van der Waals surface area contributed by atoms with Gasteiger partial charge in [-0.05, 0) is 41.7 Å². The molecular weight excluding hydrogens is 350 g/mol. The van der Waals surface area contributed by atoms with Crippen molar-refractivity contribution in [2.75, 3.05) is 24.5 Å². The first kappa shape index (κ1) is 18.5. The molecule has 0 spiro atoms. The van der Waals surface area contributed by atoms with Crippen molar-refractivity contribution in [1.29, 1.82) is 0 Å². The molecule has 2 heterocycles. The standard InChI is InChI=1S/C23H29N3O2/c1-4-16-11-17(26-14-23(2,3)15-26)9-10-18(16)19(24)12-25-13-22-27-20-7-5-6-8-21(20)28-22/h5-12,22,25H,4,13-15,24H2,1-3H3/b19-12-. The minimum Gasteiger partial charge on any atom is -0.449 e. The summed E-state index contributed by atoms with van der Waals surface area (Å²) in [5, 5.41) is 3.23. The summed E-state index contributed by atoms with van der Waals surface area (Å²) < 4.78 is 11.5. The smallest absolute Gasteiger partial charge is 0.258 e. The summed E-state index contributed by atoms with van der Waals surface area (Å²) in [6, 6.07) is 14.3. The molecule has 2 aliphatic rings. The van der Waals surface area contributed by atoms with Crippen LogP contribution in [-0.4, -0.2) is 25.9 Å². The quantitative estimate of drug-likeness (QED) is 0.801. The topological polar surface area (TPSA) is 59.8 Å². The van der Waals surface area contributed by atoms with Crippen molar-refractivity contribution in [3.05, 3.63) is 59.8 Å². The third-order valence-electron chi connectivity index (χ3n) is 5.29. The number of aryl methyl sites for hydroxylation is 1. The van der Waals surface area contributed by atoms with Gasteiger partial charge < -0.3 is 25.4 Å². The van der Waals surface area contributed by atoms with Crippen LogP contribution in [-0.2, 0) is 6.42 Å². The fourth-order valence-corrected chi connectivity index (χ4v) is 3.90. The number of ether oxygens (including phenoxy) is 2. The van der Waals surface area contributed by atoms with Gasteiger partial charge >= 0.3 is 0 Å². The normalized spacial score (nSPS) is 18.1. The molecule has 0 radical (unpaired) electrons. The second kappa shape index (κ2) is 7.30. The van der Waals surface area contributed by atoms with Crippen LogP contribution >= 0.6 is 0 Å². The molecule has 0 aliphatic carbocycles. The SMILES string of the molecule is CCc1cc(N2CC(C)(C)C2)ccc1/C(N)=C/NCC1Oc2ccccc2O1. The van der Waals surface area contributed by atoms with E-state index in [0.717, 1.165) is 42.3 Å². The number of nitrogens with one attached hydrogen (secondary N) is 1. The van der Waals surface area contributed by atoms with Gasteiger partial charge in [0.25, 0.3) is 6.29 Å². The molecule has 0 unspecified atom stereocenters. The van der Waals surface area contributed by atoms with Gasteiger partial charge in [0.1, 0.15) is 0 Å². The molecule has 0 bridgehead atoms. The minimum absolute atomic E-state index is 0.343. The highest BCUT2D eigenvalue weighted by Gasteiger charge is 2.34. The molecule has 0 amide bonds. The first-order valence-corrected chi connectivity index (χ1v) is 9.95. The Morgan fingerprint density at radius 1 is 1.18 bits per heavy atom. The minimum atomic E-state index is -0.343. The first-order valence-electron chi connectivity index (χ1n) is 9.95. The van der Waals surface area contributed by atoms with Crippen LogP contribution in [0.4, 0.5) is 5.69 Å². The Morgan fingerprint density at radius 3 is 2.46 bits per heavy atom.